The zero-order chi connectivity index (χ0) is 10.6. The number of rotatable bonds is 5. The van der Waals surface area contributed by atoms with Crippen LogP contribution in [0.2, 0.25) is 0 Å². The van der Waals surface area contributed by atoms with E-state index in [9.17, 15) is 17.8 Å². The van der Waals surface area contributed by atoms with E-state index in [1.54, 1.807) is 0 Å². The molecule has 0 aliphatic heterocycles. The molecule has 7 heteroatoms. The SMILES string of the molecule is C=CC(=O)C(CS(=O)(=O)[O-])N(C)C.[Na+]. The van der Waals surface area contributed by atoms with E-state index >= 15 is 0 Å². The van der Waals surface area contributed by atoms with E-state index in [4.69, 9.17) is 0 Å². The molecule has 5 nitrogen and oxygen atoms in total. The number of hydrogen-bond donors (Lipinski definition) is 0. The summed E-state index contributed by atoms with van der Waals surface area (Å²) in [5.74, 6) is -1.19. The Kier molecular flexibility index (Phi) is 8.00. The molecule has 0 aromatic rings. The van der Waals surface area contributed by atoms with Crippen LogP contribution in [0.3, 0.4) is 0 Å². The van der Waals surface area contributed by atoms with Crippen molar-refractivity contribution in [2.24, 2.45) is 0 Å². The van der Waals surface area contributed by atoms with Gasteiger partial charge in [-0.2, -0.15) is 0 Å². The van der Waals surface area contributed by atoms with Gasteiger partial charge in [-0.3, -0.25) is 9.69 Å². The first-order valence-electron chi connectivity index (χ1n) is 3.54. The third-order valence-corrected chi connectivity index (χ3v) is 2.24. The maximum absolute atomic E-state index is 11.1. The Bertz CT molecular complexity index is 299. The van der Waals surface area contributed by atoms with Gasteiger partial charge >= 0.3 is 29.6 Å². The molecule has 0 saturated carbocycles. The molecule has 0 aromatic carbocycles. The second kappa shape index (κ2) is 6.71. The summed E-state index contributed by atoms with van der Waals surface area (Å²) in [5.41, 5.74) is 0. The van der Waals surface area contributed by atoms with Crippen molar-refractivity contribution >= 4 is 15.9 Å². The third kappa shape index (κ3) is 6.69. The maximum atomic E-state index is 11.1. The molecule has 0 radical (unpaired) electrons. The van der Waals surface area contributed by atoms with Crippen LogP contribution in [0.1, 0.15) is 0 Å². The van der Waals surface area contributed by atoms with Crippen molar-refractivity contribution in [2.75, 3.05) is 19.8 Å². The second-order valence-corrected chi connectivity index (χ2v) is 4.26. The quantitative estimate of drug-likeness (QED) is 0.275. The fourth-order valence-electron chi connectivity index (χ4n) is 0.815. The molecular formula is C7H12NNaO4S. The molecule has 0 spiro atoms. The van der Waals surface area contributed by atoms with Crippen LogP contribution in [0.15, 0.2) is 12.7 Å². The van der Waals surface area contributed by atoms with Gasteiger partial charge in [-0.05, 0) is 20.2 Å². The minimum atomic E-state index is -4.38. The molecule has 0 aliphatic carbocycles. The molecule has 0 rings (SSSR count). The van der Waals surface area contributed by atoms with Gasteiger partial charge in [-0.1, -0.05) is 6.58 Å². The number of carbonyl (C=O) groups excluding carboxylic acids is 1. The monoisotopic (exact) mass is 229 g/mol. The smallest absolute Gasteiger partial charge is 0.748 e. The van der Waals surface area contributed by atoms with Crippen molar-refractivity contribution in [3.8, 4) is 0 Å². The van der Waals surface area contributed by atoms with Crippen LogP contribution in [0, 0.1) is 0 Å². The van der Waals surface area contributed by atoms with Gasteiger partial charge in [-0.25, -0.2) is 8.42 Å². The molecule has 0 fully saturated rings. The summed E-state index contributed by atoms with van der Waals surface area (Å²) in [6.45, 7) is 3.22. The average molecular weight is 229 g/mol. The Hall–Kier alpha value is 0.280. The fraction of sp³-hybridized carbons (Fsp3) is 0.571. The van der Waals surface area contributed by atoms with Gasteiger partial charge in [0.1, 0.15) is 0 Å². The number of nitrogens with zero attached hydrogens (tertiary/aromatic N) is 1. The normalized spacial score (nSPS) is 13.1. The Morgan fingerprint density at radius 3 is 2.21 bits per heavy atom. The van der Waals surface area contributed by atoms with E-state index < -0.39 is 27.7 Å². The van der Waals surface area contributed by atoms with E-state index in [-0.39, 0.29) is 29.6 Å². The summed E-state index contributed by atoms with van der Waals surface area (Å²) >= 11 is 0. The molecule has 76 valence electrons. The first-order valence-corrected chi connectivity index (χ1v) is 5.12. The number of carbonyl (C=O) groups is 1. The summed E-state index contributed by atoms with van der Waals surface area (Å²) in [7, 11) is -1.33. The molecule has 0 amide bonds. The molecule has 0 aliphatic rings. The minimum Gasteiger partial charge on any atom is -0.748 e. The molecule has 1 unspecified atom stereocenters. The van der Waals surface area contributed by atoms with Crippen LogP contribution < -0.4 is 29.6 Å². The van der Waals surface area contributed by atoms with Gasteiger partial charge in [0.2, 0.25) is 0 Å². The van der Waals surface area contributed by atoms with E-state index in [1.807, 2.05) is 0 Å². The van der Waals surface area contributed by atoms with Crippen molar-refractivity contribution in [1.82, 2.24) is 4.90 Å². The molecule has 1 atom stereocenters. The zero-order valence-electron chi connectivity index (χ0n) is 8.56. The van der Waals surface area contributed by atoms with Crippen LogP contribution >= 0.6 is 0 Å². The van der Waals surface area contributed by atoms with Crippen LogP contribution in [0.5, 0.6) is 0 Å². The second-order valence-electron chi connectivity index (χ2n) is 2.81. The summed E-state index contributed by atoms with van der Waals surface area (Å²) < 4.78 is 31.2. The van der Waals surface area contributed by atoms with Crippen LogP contribution in [0.4, 0.5) is 0 Å². The maximum Gasteiger partial charge on any atom is 1.00 e. The van der Waals surface area contributed by atoms with Crippen molar-refractivity contribution in [3.05, 3.63) is 12.7 Å². The topological polar surface area (TPSA) is 77.5 Å². The summed E-state index contributed by atoms with van der Waals surface area (Å²) in [5, 5.41) is 0. The van der Waals surface area contributed by atoms with E-state index in [2.05, 4.69) is 6.58 Å². The molecule has 0 aromatic heterocycles. The van der Waals surface area contributed by atoms with E-state index in [1.165, 1.54) is 19.0 Å². The molecule has 0 saturated heterocycles. The van der Waals surface area contributed by atoms with Gasteiger partial charge in [0, 0.05) is 0 Å². The van der Waals surface area contributed by atoms with Crippen molar-refractivity contribution in [3.63, 3.8) is 0 Å². The van der Waals surface area contributed by atoms with Gasteiger partial charge in [0.25, 0.3) is 0 Å². The molecule has 0 N–H and O–H groups in total. The van der Waals surface area contributed by atoms with Gasteiger partial charge in [-0.15, -0.1) is 0 Å². The van der Waals surface area contributed by atoms with Crippen molar-refractivity contribution < 1.29 is 47.3 Å². The van der Waals surface area contributed by atoms with Crippen molar-refractivity contribution in [1.29, 1.82) is 0 Å². The largest absolute Gasteiger partial charge is 1.00 e. The fourth-order valence-corrected chi connectivity index (χ4v) is 1.66. The van der Waals surface area contributed by atoms with Crippen LogP contribution in [-0.4, -0.2) is 49.5 Å². The predicted molar refractivity (Wildman–Crippen MR) is 47.2 cm³/mol. The Morgan fingerprint density at radius 2 is 2.00 bits per heavy atom. The van der Waals surface area contributed by atoms with Crippen molar-refractivity contribution in [2.45, 2.75) is 6.04 Å². The Morgan fingerprint density at radius 1 is 1.57 bits per heavy atom. The molecule has 0 heterocycles. The summed E-state index contributed by atoms with van der Waals surface area (Å²) in [6, 6.07) is -0.931. The van der Waals surface area contributed by atoms with E-state index in [0.717, 1.165) is 6.08 Å². The van der Waals surface area contributed by atoms with Gasteiger partial charge in [0.15, 0.2) is 5.78 Å². The minimum absolute atomic E-state index is 0. The molecular weight excluding hydrogens is 217 g/mol. The molecule has 14 heavy (non-hydrogen) atoms. The Labute approximate surface area is 106 Å². The van der Waals surface area contributed by atoms with Gasteiger partial charge in [0.05, 0.1) is 21.9 Å². The standard InChI is InChI=1S/C7H13NO4S.Na/c1-4-7(9)6(8(2)3)5-13(10,11)12;/h4,6H,1,5H2,2-3H3,(H,10,11,12);/q;+1/p-1. The van der Waals surface area contributed by atoms with Gasteiger partial charge < -0.3 is 4.55 Å². The summed E-state index contributed by atoms with van der Waals surface area (Å²) in [4.78, 5) is 12.4. The Balaban J connectivity index is 0. The predicted octanol–water partition coefficient (Wildman–Crippen LogP) is -3.78. The first-order chi connectivity index (χ1) is 5.78. The van der Waals surface area contributed by atoms with E-state index in [0.29, 0.717) is 0 Å². The molecule has 0 bridgehead atoms. The average Bonchev–Trinajstić information content (AvgIpc) is 1.96. The third-order valence-electron chi connectivity index (χ3n) is 1.51. The van der Waals surface area contributed by atoms with Crippen LogP contribution in [0.25, 0.3) is 0 Å². The number of ketones is 1. The first kappa shape index (κ1) is 16.7. The zero-order valence-corrected chi connectivity index (χ0v) is 11.4. The summed E-state index contributed by atoms with van der Waals surface area (Å²) in [6.07, 6.45) is 1.01. The van der Waals surface area contributed by atoms with Crippen LogP contribution in [-0.2, 0) is 14.9 Å². The number of likely N-dealkylation sites (N-methyl/N-ethyl adjacent to an activating group) is 1. The number of hydrogen-bond acceptors (Lipinski definition) is 5.